The molecule has 1 aromatic rings. The van der Waals surface area contributed by atoms with Crippen LogP contribution in [0.2, 0.25) is 0 Å². The molecule has 91 valence electrons. The first-order valence-electron chi connectivity index (χ1n) is 5.21. The lowest BCUT2D eigenvalue weighted by Gasteiger charge is -2.25. The van der Waals surface area contributed by atoms with Crippen molar-refractivity contribution in [3.63, 3.8) is 0 Å². The molecular formula is C11H12NO4S. The van der Waals surface area contributed by atoms with E-state index in [0.717, 1.165) is 0 Å². The van der Waals surface area contributed by atoms with Crippen molar-refractivity contribution in [3.8, 4) is 0 Å². The van der Waals surface area contributed by atoms with Crippen molar-refractivity contribution in [2.24, 2.45) is 0 Å². The highest BCUT2D eigenvalue weighted by Gasteiger charge is 2.25. The first-order valence-corrected chi connectivity index (χ1v) is 6.65. The highest BCUT2D eigenvalue weighted by Crippen LogP contribution is 2.17. The van der Waals surface area contributed by atoms with E-state index in [2.05, 4.69) is 0 Å². The summed E-state index contributed by atoms with van der Waals surface area (Å²) in [6.45, 7) is 1.56. The molecule has 0 amide bonds. The number of morpholine rings is 1. The Bertz CT molecular complexity index is 489. The maximum atomic E-state index is 12.2. The van der Waals surface area contributed by atoms with Gasteiger partial charge in [-0.25, -0.2) is 8.42 Å². The Hall–Kier alpha value is -1.24. The van der Waals surface area contributed by atoms with Crippen LogP contribution in [0.25, 0.3) is 0 Å². The standard InChI is InChI=1S/C11H12NO4S/c13-9-10-1-3-11(4-2-10)17(14,15)12-5-7-16-8-6-12/h1-4H,5-8H2. The second-order valence-electron chi connectivity index (χ2n) is 3.64. The number of nitrogens with zero attached hydrogens (tertiary/aromatic N) is 1. The monoisotopic (exact) mass is 254 g/mol. The van der Waals surface area contributed by atoms with Gasteiger partial charge in [0.25, 0.3) is 0 Å². The highest BCUT2D eigenvalue weighted by molar-refractivity contribution is 7.89. The third-order valence-electron chi connectivity index (χ3n) is 2.58. The predicted octanol–water partition coefficient (Wildman–Crippen LogP) is 0.165. The van der Waals surface area contributed by atoms with E-state index in [0.29, 0.717) is 31.9 Å². The number of hydrogen-bond donors (Lipinski definition) is 0. The summed E-state index contributed by atoms with van der Waals surface area (Å²) in [6, 6.07) is 5.73. The molecule has 0 aromatic heterocycles. The SMILES string of the molecule is O=[C]c1ccc(S(=O)(=O)N2CCOCC2)cc1. The molecule has 0 N–H and O–H groups in total. The van der Waals surface area contributed by atoms with Crippen LogP contribution < -0.4 is 0 Å². The highest BCUT2D eigenvalue weighted by atomic mass is 32.2. The van der Waals surface area contributed by atoms with Gasteiger partial charge in [-0.2, -0.15) is 4.31 Å². The van der Waals surface area contributed by atoms with E-state index in [-0.39, 0.29) is 4.90 Å². The zero-order valence-corrected chi connectivity index (χ0v) is 9.94. The molecule has 17 heavy (non-hydrogen) atoms. The summed E-state index contributed by atoms with van der Waals surface area (Å²) >= 11 is 0. The largest absolute Gasteiger partial charge is 0.379 e. The average Bonchev–Trinajstić information content (AvgIpc) is 2.40. The van der Waals surface area contributed by atoms with E-state index in [4.69, 9.17) is 4.74 Å². The van der Waals surface area contributed by atoms with Crippen LogP contribution in [0.1, 0.15) is 5.56 Å². The summed E-state index contributed by atoms with van der Waals surface area (Å²) in [6.07, 6.45) is 1.71. The first-order chi connectivity index (χ1) is 8.14. The minimum atomic E-state index is -3.46. The van der Waals surface area contributed by atoms with E-state index in [1.54, 1.807) is 6.29 Å². The number of benzene rings is 1. The molecular weight excluding hydrogens is 242 g/mol. The molecule has 6 heteroatoms. The molecule has 1 aliphatic rings. The van der Waals surface area contributed by atoms with E-state index >= 15 is 0 Å². The predicted molar refractivity (Wildman–Crippen MR) is 60.8 cm³/mol. The molecule has 5 nitrogen and oxygen atoms in total. The molecule has 1 aliphatic heterocycles. The molecule has 0 unspecified atom stereocenters. The van der Waals surface area contributed by atoms with Gasteiger partial charge in [0.2, 0.25) is 16.3 Å². The molecule has 1 aromatic carbocycles. The van der Waals surface area contributed by atoms with Gasteiger partial charge in [-0.15, -0.1) is 0 Å². The third-order valence-corrected chi connectivity index (χ3v) is 4.49. The van der Waals surface area contributed by atoms with Crippen LogP contribution in [0.15, 0.2) is 29.2 Å². The van der Waals surface area contributed by atoms with Gasteiger partial charge in [0, 0.05) is 18.7 Å². The summed E-state index contributed by atoms with van der Waals surface area (Å²) in [5.74, 6) is 0. The molecule has 0 bridgehead atoms. The first kappa shape index (κ1) is 12.2. The van der Waals surface area contributed by atoms with Crippen LogP contribution >= 0.6 is 0 Å². The Labute approximate surface area is 100 Å². The summed E-state index contributed by atoms with van der Waals surface area (Å²) in [5, 5.41) is 0. The number of hydrogen-bond acceptors (Lipinski definition) is 4. The van der Waals surface area contributed by atoms with Crippen LogP contribution in [0.5, 0.6) is 0 Å². The van der Waals surface area contributed by atoms with Crippen molar-refractivity contribution >= 4 is 16.3 Å². The van der Waals surface area contributed by atoms with Crippen molar-refractivity contribution in [2.45, 2.75) is 4.90 Å². The summed E-state index contributed by atoms with van der Waals surface area (Å²) < 4.78 is 30.8. The molecule has 0 aliphatic carbocycles. The molecule has 2 rings (SSSR count). The van der Waals surface area contributed by atoms with Crippen molar-refractivity contribution in [2.75, 3.05) is 26.3 Å². The number of rotatable bonds is 3. The smallest absolute Gasteiger partial charge is 0.243 e. The minimum absolute atomic E-state index is 0.193. The Morgan fingerprint density at radius 1 is 1.12 bits per heavy atom. The zero-order valence-electron chi connectivity index (χ0n) is 9.13. The van der Waals surface area contributed by atoms with Crippen molar-refractivity contribution in [3.05, 3.63) is 29.8 Å². The van der Waals surface area contributed by atoms with E-state index < -0.39 is 10.0 Å². The summed E-state index contributed by atoms with van der Waals surface area (Å²) in [5.41, 5.74) is 0.339. The Kier molecular flexibility index (Phi) is 3.56. The lowest BCUT2D eigenvalue weighted by molar-refractivity contribution is 0.0730. The van der Waals surface area contributed by atoms with Crippen LogP contribution in [0.4, 0.5) is 0 Å². The van der Waals surface area contributed by atoms with Crippen molar-refractivity contribution in [1.82, 2.24) is 4.31 Å². The van der Waals surface area contributed by atoms with Crippen LogP contribution in [0, 0.1) is 0 Å². The molecule has 0 spiro atoms. The lowest BCUT2D eigenvalue weighted by atomic mass is 10.2. The fraction of sp³-hybridized carbons (Fsp3) is 0.364. The number of ether oxygens (including phenoxy) is 1. The molecule has 0 atom stereocenters. The Balaban J connectivity index is 2.26. The number of sulfonamides is 1. The quantitative estimate of drug-likeness (QED) is 0.771. The fourth-order valence-corrected chi connectivity index (χ4v) is 3.04. The average molecular weight is 254 g/mol. The lowest BCUT2D eigenvalue weighted by Crippen LogP contribution is -2.40. The molecule has 1 heterocycles. The minimum Gasteiger partial charge on any atom is -0.379 e. The van der Waals surface area contributed by atoms with Crippen molar-refractivity contribution < 1.29 is 17.9 Å². The van der Waals surface area contributed by atoms with E-state index in [1.807, 2.05) is 0 Å². The van der Waals surface area contributed by atoms with Gasteiger partial charge in [0.05, 0.1) is 18.1 Å². The van der Waals surface area contributed by atoms with Gasteiger partial charge in [0.15, 0.2) is 0 Å². The molecule has 1 radical (unpaired) electrons. The summed E-state index contributed by atoms with van der Waals surface area (Å²) in [4.78, 5) is 10.6. The maximum absolute atomic E-state index is 12.2. The zero-order chi connectivity index (χ0) is 12.3. The van der Waals surface area contributed by atoms with Crippen LogP contribution in [-0.2, 0) is 19.6 Å². The second kappa shape index (κ2) is 4.95. The third kappa shape index (κ3) is 2.54. The maximum Gasteiger partial charge on any atom is 0.243 e. The normalized spacial score (nSPS) is 17.9. The Morgan fingerprint density at radius 2 is 1.71 bits per heavy atom. The van der Waals surface area contributed by atoms with E-state index in [9.17, 15) is 13.2 Å². The topological polar surface area (TPSA) is 63.7 Å². The van der Waals surface area contributed by atoms with E-state index in [1.165, 1.54) is 28.6 Å². The van der Waals surface area contributed by atoms with Gasteiger partial charge in [-0.05, 0) is 24.3 Å². The van der Waals surface area contributed by atoms with Gasteiger partial charge in [-0.3, -0.25) is 4.79 Å². The molecule has 0 saturated carbocycles. The fourth-order valence-electron chi connectivity index (χ4n) is 1.63. The van der Waals surface area contributed by atoms with Gasteiger partial charge in [-0.1, -0.05) is 0 Å². The number of carbonyl (C=O) groups excluding carboxylic acids is 1. The second-order valence-corrected chi connectivity index (χ2v) is 5.58. The van der Waals surface area contributed by atoms with Crippen molar-refractivity contribution in [1.29, 1.82) is 0 Å². The molecule has 1 saturated heterocycles. The van der Waals surface area contributed by atoms with Gasteiger partial charge in [0.1, 0.15) is 0 Å². The Morgan fingerprint density at radius 3 is 2.24 bits per heavy atom. The van der Waals surface area contributed by atoms with Gasteiger partial charge < -0.3 is 4.74 Å². The van der Waals surface area contributed by atoms with Gasteiger partial charge >= 0.3 is 0 Å². The van der Waals surface area contributed by atoms with Crippen LogP contribution in [0.3, 0.4) is 0 Å². The van der Waals surface area contributed by atoms with Crippen LogP contribution in [-0.4, -0.2) is 45.3 Å². The molecule has 1 fully saturated rings. The summed E-state index contributed by atoms with van der Waals surface area (Å²) in [7, 11) is -3.46.